The summed E-state index contributed by atoms with van der Waals surface area (Å²) in [6.07, 6.45) is 28.1. The first kappa shape index (κ1) is 37.4. The molecule has 2 amide bonds. The van der Waals surface area contributed by atoms with Crippen LogP contribution in [-0.2, 0) is 18.6 Å². The number of amides is 2. The zero-order valence-electron chi connectivity index (χ0n) is 25.0. The van der Waals surface area contributed by atoms with E-state index in [4.69, 9.17) is 4.18 Å². The Morgan fingerprint density at radius 2 is 1.35 bits per heavy atom. The van der Waals surface area contributed by atoms with Crippen molar-refractivity contribution in [2.24, 2.45) is 5.41 Å². The Bertz CT molecular complexity index is 846. The quantitative estimate of drug-likeness (QED) is 0.0727. The molecule has 0 spiro atoms. The van der Waals surface area contributed by atoms with Crippen LogP contribution in [0.4, 0.5) is 0 Å². The van der Waals surface area contributed by atoms with Crippen molar-refractivity contribution < 1.29 is 23.7 Å². The highest BCUT2D eigenvalue weighted by molar-refractivity contribution is 7.95. The minimum absolute atomic E-state index is 0.116. The van der Waals surface area contributed by atoms with Gasteiger partial charge in [-0.1, -0.05) is 88.5 Å². The molecule has 0 saturated heterocycles. The molecule has 0 aromatic rings. The van der Waals surface area contributed by atoms with Gasteiger partial charge in [-0.3, -0.25) is 14.4 Å². The molecule has 0 aliphatic rings. The van der Waals surface area contributed by atoms with Gasteiger partial charge in [-0.15, -0.1) is 0 Å². The van der Waals surface area contributed by atoms with Gasteiger partial charge in [0.15, 0.2) is 0 Å². The van der Waals surface area contributed by atoms with Crippen LogP contribution in [0.15, 0.2) is 60.8 Å². The number of aliphatic hydroxyl groups excluding tert-OH is 1. The molecule has 0 rings (SSSR count). The van der Waals surface area contributed by atoms with Crippen LogP contribution in [0, 0.1) is 5.41 Å². The van der Waals surface area contributed by atoms with Crippen LogP contribution in [-0.4, -0.2) is 47.8 Å². The highest BCUT2D eigenvalue weighted by atomic mass is 32.2. The van der Waals surface area contributed by atoms with Gasteiger partial charge in [-0.25, -0.2) is 0 Å². The van der Waals surface area contributed by atoms with Gasteiger partial charge in [-0.05, 0) is 56.8 Å². The normalized spacial score (nSPS) is 13.2. The number of rotatable bonds is 23. The summed E-state index contributed by atoms with van der Waals surface area (Å²) in [6, 6.07) is 0. The summed E-state index contributed by atoms with van der Waals surface area (Å²) in [6.45, 7) is 8.20. The predicted molar refractivity (Wildman–Crippen MR) is 168 cm³/mol. The fourth-order valence-corrected chi connectivity index (χ4v) is 3.63. The second kappa shape index (κ2) is 25.4. The molecule has 1 atom stereocenters. The molecule has 0 saturated carbocycles. The maximum absolute atomic E-state index is 12.0. The molecule has 0 aliphatic carbocycles. The largest absolute Gasteiger partial charge is 0.391 e. The van der Waals surface area contributed by atoms with E-state index in [1.165, 1.54) is 0 Å². The summed E-state index contributed by atoms with van der Waals surface area (Å²) in [4.78, 5) is 35.7. The van der Waals surface area contributed by atoms with Crippen molar-refractivity contribution in [3.05, 3.63) is 60.8 Å². The van der Waals surface area contributed by atoms with Gasteiger partial charge in [0.05, 0.1) is 12.0 Å². The number of nitrogens with one attached hydrogen (secondary N) is 2. The van der Waals surface area contributed by atoms with E-state index in [-0.39, 0.29) is 24.8 Å². The number of allylic oxidation sites excluding steroid dienone is 10. The molecule has 226 valence electrons. The molecule has 0 fully saturated rings. The SMILES string of the molecule is CC/C=C\C/C=C\C/C=C\C/C=C\C/C=C\CCCC(=O)OSCCNC(=O)CCNC(=O)[C@H](O)C(C)(C)CC. The van der Waals surface area contributed by atoms with Crippen LogP contribution in [0.25, 0.3) is 0 Å². The average molecular weight is 577 g/mol. The molecule has 0 bridgehead atoms. The molecule has 0 aliphatic heterocycles. The molecule has 0 unspecified atom stereocenters. The van der Waals surface area contributed by atoms with Gasteiger partial charge in [-0.2, -0.15) is 0 Å². The van der Waals surface area contributed by atoms with E-state index in [1.807, 2.05) is 20.8 Å². The maximum Gasteiger partial charge on any atom is 0.317 e. The molecule has 40 heavy (non-hydrogen) atoms. The zero-order chi connectivity index (χ0) is 29.9. The number of hydrogen-bond acceptors (Lipinski definition) is 6. The molecule has 0 heterocycles. The first-order valence-corrected chi connectivity index (χ1v) is 15.4. The van der Waals surface area contributed by atoms with Crippen molar-refractivity contribution in [1.29, 1.82) is 0 Å². The molecule has 0 aromatic carbocycles. The van der Waals surface area contributed by atoms with Crippen molar-refractivity contribution >= 4 is 29.8 Å². The summed E-state index contributed by atoms with van der Waals surface area (Å²) >= 11 is 1.02. The van der Waals surface area contributed by atoms with Crippen molar-refractivity contribution in [1.82, 2.24) is 10.6 Å². The lowest BCUT2D eigenvalue weighted by molar-refractivity contribution is -0.135. The van der Waals surface area contributed by atoms with Crippen LogP contribution in [0.5, 0.6) is 0 Å². The van der Waals surface area contributed by atoms with Crippen molar-refractivity contribution in [3.8, 4) is 0 Å². The zero-order valence-corrected chi connectivity index (χ0v) is 25.8. The van der Waals surface area contributed by atoms with E-state index < -0.39 is 17.4 Å². The monoisotopic (exact) mass is 576 g/mol. The first-order chi connectivity index (χ1) is 19.2. The summed E-state index contributed by atoms with van der Waals surface area (Å²) in [5, 5.41) is 15.4. The Labute approximate surface area is 246 Å². The third kappa shape index (κ3) is 22.3. The third-order valence-corrected chi connectivity index (χ3v) is 6.79. The van der Waals surface area contributed by atoms with Crippen LogP contribution in [0.2, 0.25) is 0 Å². The summed E-state index contributed by atoms with van der Waals surface area (Å²) in [5.74, 6) is -0.501. The number of unbranched alkanes of at least 4 members (excludes halogenated alkanes) is 1. The van der Waals surface area contributed by atoms with Gasteiger partial charge in [0.1, 0.15) is 6.10 Å². The lowest BCUT2D eigenvalue weighted by atomic mass is 9.83. The number of carbonyl (C=O) groups excluding carboxylic acids is 3. The molecular weight excluding hydrogens is 524 g/mol. The summed E-state index contributed by atoms with van der Waals surface area (Å²) < 4.78 is 5.13. The number of hydrogen-bond donors (Lipinski definition) is 3. The van der Waals surface area contributed by atoms with Gasteiger partial charge in [0.25, 0.3) is 0 Å². The van der Waals surface area contributed by atoms with Crippen molar-refractivity contribution in [3.63, 3.8) is 0 Å². The van der Waals surface area contributed by atoms with E-state index in [0.717, 1.165) is 57.0 Å². The fourth-order valence-electron chi connectivity index (χ4n) is 3.15. The van der Waals surface area contributed by atoms with E-state index in [0.29, 0.717) is 25.1 Å². The molecule has 3 N–H and O–H groups in total. The second-order valence-electron chi connectivity index (χ2n) is 10.0. The Hall–Kier alpha value is -2.58. The molecule has 8 heteroatoms. The standard InChI is InChI=1S/C32H52N2O5S/c1-5-7-8-9-10-11-12-13-14-15-16-17-18-19-20-21-22-23-29(36)39-40-27-26-33-28(35)24-25-34-31(38)30(37)32(3,4)6-2/h7-8,10-11,13-14,16-17,19-20,30,37H,5-6,9,12,15,18,21-27H2,1-4H3,(H,33,35)(H,34,38)/b8-7-,11-10-,14-13-,17-16-,20-19-/t30-/m0/s1. The summed E-state index contributed by atoms with van der Waals surface area (Å²) in [5.41, 5.74) is -0.517. The Morgan fingerprint density at radius 3 is 1.90 bits per heavy atom. The van der Waals surface area contributed by atoms with Gasteiger partial charge >= 0.3 is 5.97 Å². The number of aliphatic hydroxyl groups is 1. The van der Waals surface area contributed by atoms with E-state index in [9.17, 15) is 19.5 Å². The minimum atomic E-state index is -1.11. The highest BCUT2D eigenvalue weighted by Crippen LogP contribution is 2.24. The van der Waals surface area contributed by atoms with Crippen LogP contribution < -0.4 is 10.6 Å². The minimum Gasteiger partial charge on any atom is -0.391 e. The van der Waals surface area contributed by atoms with Crippen LogP contribution >= 0.6 is 12.0 Å². The summed E-state index contributed by atoms with van der Waals surface area (Å²) in [7, 11) is 0. The van der Waals surface area contributed by atoms with Crippen molar-refractivity contribution in [2.75, 3.05) is 18.8 Å². The Balaban J connectivity index is 3.68. The Morgan fingerprint density at radius 1 is 0.800 bits per heavy atom. The maximum atomic E-state index is 12.0. The van der Waals surface area contributed by atoms with E-state index in [1.54, 1.807) is 0 Å². The second-order valence-corrected chi connectivity index (χ2v) is 10.8. The smallest absolute Gasteiger partial charge is 0.317 e. The molecule has 0 aromatic heterocycles. The van der Waals surface area contributed by atoms with E-state index >= 15 is 0 Å². The van der Waals surface area contributed by atoms with Crippen LogP contribution in [0.1, 0.15) is 91.9 Å². The molecule has 0 radical (unpaired) electrons. The predicted octanol–water partition coefficient (Wildman–Crippen LogP) is 6.52. The topological polar surface area (TPSA) is 105 Å². The third-order valence-electron chi connectivity index (χ3n) is 6.12. The van der Waals surface area contributed by atoms with Crippen LogP contribution in [0.3, 0.4) is 0 Å². The fraction of sp³-hybridized carbons (Fsp3) is 0.594. The lowest BCUT2D eigenvalue weighted by Crippen LogP contribution is -2.44. The lowest BCUT2D eigenvalue weighted by Gasteiger charge is -2.28. The average Bonchev–Trinajstić information content (AvgIpc) is 2.93. The van der Waals surface area contributed by atoms with Gasteiger partial charge in [0, 0.05) is 31.7 Å². The van der Waals surface area contributed by atoms with Crippen molar-refractivity contribution in [2.45, 2.75) is 98.0 Å². The molecular formula is C32H52N2O5S. The highest BCUT2D eigenvalue weighted by Gasteiger charge is 2.31. The molecule has 7 nitrogen and oxygen atoms in total. The van der Waals surface area contributed by atoms with E-state index in [2.05, 4.69) is 78.3 Å². The van der Waals surface area contributed by atoms with Gasteiger partial charge < -0.3 is 19.9 Å². The number of carbonyl (C=O) groups is 3. The first-order valence-electron chi connectivity index (χ1n) is 14.5. The Kier molecular flexibility index (Phi) is 23.8. The van der Waals surface area contributed by atoms with Gasteiger partial charge in [0.2, 0.25) is 11.8 Å².